The topological polar surface area (TPSA) is 41.6 Å². The van der Waals surface area contributed by atoms with E-state index in [1.807, 2.05) is 20.9 Å². The molecule has 1 N–H and O–H groups in total. The van der Waals surface area contributed by atoms with E-state index in [0.29, 0.717) is 12.6 Å². The number of ether oxygens (including phenoxy) is 1. The van der Waals surface area contributed by atoms with Crippen LogP contribution in [0.3, 0.4) is 0 Å². The summed E-state index contributed by atoms with van der Waals surface area (Å²) in [6.07, 6.45) is 1.08. The lowest BCUT2D eigenvalue weighted by atomic mass is 10.2. The molecule has 96 valence electrons. The Kier molecular flexibility index (Phi) is 7.34. The summed E-state index contributed by atoms with van der Waals surface area (Å²) in [6, 6.07) is 0.500. The first-order valence-electron chi connectivity index (χ1n) is 5.96. The standard InChI is InChI=1S/C12H26N2O2/c1-7-10(4)14(5)8-11(12(15)16-6)13-9(2)3/h9-11,13H,7-8H2,1-6H3. The Balaban J connectivity index is 4.36. The smallest absolute Gasteiger partial charge is 0.324 e. The van der Waals surface area contributed by atoms with Gasteiger partial charge in [0, 0.05) is 18.6 Å². The number of rotatable bonds is 7. The second kappa shape index (κ2) is 7.63. The number of hydrogen-bond acceptors (Lipinski definition) is 4. The molecule has 0 aliphatic carbocycles. The minimum absolute atomic E-state index is 0.191. The normalized spacial score (nSPS) is 15.2. The van der Waals surface area contributed by atoms with Crippen molar-refractivity contribution in [3.8, 4) is 0 Å². The van der Waals surface area contributed by atoms with Crippen molar-refractivity contribution in [1.82, 2.24) is 10.2 Å². The summed E-state index contributed by atoms with van der Waals surface area (Å²) in [5.41, 5.74) is 0. The number of hydrogen-bond donors (Lipinski definition) is 1. The van der Waals surface area contributed by atoms with E-state index in [-0.39, 0.29) is 18.1 Å². The predicted molar refractivity (Wildman–Crippen MR) is 66.5 cm³/mol. The van der Waals surface area contributed by atoms with Gasteiger partial charge in [-0.15, -0.1) is 0 Å². The molecule has 0 rings (SSSR count). The molecule has 2 unspecified atom stereocenters. The molecule has 0 aliphatic rings. The van der Waals surface area contributed by atoms with Crippen LogP contribution < -0.4 is 5.32 Å². The van der Waals surface area contributed by atoms with Crippen LogP contribution in [0.1, 0.15) is 34.1 Å². The van der Waals surface area contributed by atoms with Gasteiger partial charge in [-0.05, 0) is 20.4 Å². The second-order valence-corrected chi connectivity index (χ2v) is 4.59. The van der Waals surface area contributed by atoms with Gasteiger partial charge in [0.1, 0.15) is 6.04 Å². The Morgan fingerprint density at radius 3 is 2.31 bits per heavy atom. The van der Waals surface area contributed by atoms with Crippen LogP contribution in [-0.4, -0.2) is 49.7 Å². The highest BCUT2D eigenvalue weighted by Gasteiger charge is 2.22. The molecular weight excluding hydrogens is 204 g/mol. The highest BCUT2D eigenvalue weighted by Crippen LogP contribution is 2.03. The maximum Gasteiger partial charge on any atom is 0.324 e. The van der Waals surface area contributed by atoms with Crippen LogP contribution in [-0.2, 0) is 9.53 Å². The molecule has 0 amide bonds. The molecule has 4 nitrogen and oxygen atoms in total. The molecule has 2 atom stereocenters. The number of carbonyl (C=O) groups excluding carboxylic acids is 1. The Morgan fingerprint density at radius 1 is 1.38 bits per heavy atom. The molecule has 0 fully saturated rings. The van der Waals surface area contributed by atoms with Crippen LogP contribution >= 0.6 is 0 Å². The zero-order valence-corrected chi connectivity index (χ0v) is 11.4. The molecule has 16 heavy (non-hydrogen) atoms. The first-order valence-corrected chi connectivity index (χ1v) is 5.96. The average molecular weight is 230 g/mol. The summed E-state index contributed by atoms with van der Waals surface area (Å²) in [4.78, 5) is 13.8. The minimum Gasteiger partial charge on any atom is -0.468 e. The Labute approximate surface area is 99.3 Å². The molecule has 0 aliphatic heterocycles. The number of likely N-dealkylation sites (N-methyl/N-ethyl adjacent to an activating group) is 1. The molecule has 4 heteroatoms. The van der Waals surface area contributed by atoms with Crippen molar-refractivity contribution in [2.24, 2.45) is 0 Å². The zero-order valence-electron chi connectivity index (χ0n) is 11.4. The molecular formula is C12H26N2O2. The van der Waals surface area contributed by atoms with E-state index in [9.17, 15) is 4.79 Å². The van der Waals surface area contributed by atoms with Gasteiger partial charge in [0.2, 0.25) is 0 Å². The maximum absolute atomic E-state index is 11.6. The fourth-order valence-electron chi connectivity index (χ4n) is 1.52. The summed E-state index contributed by atoms with van der Waals surface area (Å²) in [7, 11) is 3.46. The van der Waals surface area contributed by atoms with Crippen molar-refractivity contribution in [2.45, 2.75) is 52.2 Å². The van der Waals surface area contributed by atoms with Gasteiger partial charge in [-0.1, -0.05) is 20.8 Å². The highest BCUT2D eigenvalue weighted by molar-refractivity contribution is 5.75. The Hall–Kier alpha value is -0.610. The van der Waals surface area contributed by atoms with E-state index in [2.05, 4.69) is 24.1 Å². The third kappa shape index (κ3) is 5.47. The molecule has 0 radical (unpaired) electrons. The number of carbonyl (C=O) groups is 1. The van der Waals surface area contributed by atoms with E-state index in [0.717, 1.165) is 6.42 Å². The second-order valence-electron chi connectivity index (χ2n) is 4.59. The number of nitrogens with zero attached hydrogens (tertiary/aromatic N) is 1. The van der Waals surface area contributed by atoms with Crippen molar-refractivity contribution in [2.75, 3.05) is 20.7 Å². The van der Waals surface area contributed by atoms with Gasteiger partial charge in [0.25, 0.3) is 0 Å². The molecule has 0 aromatic heterocycles. The maximum atomic E-state index is 11.6. The van der Waals surface area contributed by atoms with Crippen molar-refractivity contribution in [3.63, 3.8) is 0 Å². The minimum atomic E-state index is -0.246. The number of nitrogens with one attached hydrogen (secondary N) is 1. The van der Waals surface area contributed by atoms with Crippen molar-refractivity contribution in [3.05, 3.63) is 0 Å². The summed E-state index contributed by atoms with van der Waals surface area (Å²) in [6.45, 7) is 9.03. The molecule has 0 aromatic carbocycles. The van der Waals surface area contributed by atoms with Gasteiger partial charge >= 0.3 is 5.97 Å². The quantitative estimate of drug-likeness (QED) is 0.669. The van der Waals surface area contributed by atoms with E-state index < -0.39 is 0 Å². The fraction of sp³-hybridized carbons (Fsp3) is 0.917. The molecule has 0 bridgehead atoms. The van der Waals surface area contributed by atoms with Crippen LogP contribution in [0.15, 0.2) is 0 Å². The van der Waals surface area contributed by atoms with E-state index in [1.54, 1.807) is 0 Å². The van der Waals surface area contributed by atoms with E-state index in [4.69, 9.17) is 4.74 Å². The fourth-order valence-corrected chi connectivity index (χ4v) is 1.52. The summed E-state index contributed by atoms with van der Waals surface area (Å²) in [5, 5.41) is 3.22. The van der Waals surface area contributed by atoms with Crippen molar-refractivity contribution < 1.29 is 9.53 Å². The van der Waals surface area contributed by atoms with Crippen LogP contribution in [0.2, 0.25) is 0 Å². The number of methoxy groups -OCH3 is 1. The van der Waals surface area contributed by atoms with Crippen molar-refractivity contribution in [1.29, 1.82) is 0 Å². The van der Waals surface area contributed by atoms with Gasteiger partial charge in [-0.25, -0.2) is 0 Å². The van der Waals surface area contributed by atoms with E-state index >= 15 is 0 Å². The largest absolute Gasteiger partial charge is 0.468 e. The SMILES string of the molecule is CCC(C)N(C)CC(NC(C)C)C(=O)OC. The van der Waals surface area contributed by atoms with Gasteiger partial charge in [0.15, 0.2) is 0 Å². The lowest BCUT2D eigenvalue weighted by Gasteiger charge is -2.28. The Morgan fingerprint density at radius 2 is 1.94 bits per heavy atom. The number of esters is 1. The average Bonchev–Trinajstić information content (AvgIpc) is 2.25. The first kappa shape index (κ1) is 15.4. The van der Waals surface area contributed by atoms with Crippen LogP contribution in [0.5, 0.6) is 0 Å². The molecule has 0 spiro atoms. The monoisotopic (exact) mass is 230 g/mol. The van der Waals surface area contributed by atoms with Crippen LogP contribution in [0, 0.1) is 0 Å². The molecule has 0 saturated heterocycles. The van der Waals surface area contributed by atoms with Gasteiger partial charge in [-0.2, -0.15) is 0 Å². The lowest BCUT2D eigenvalue weighted by molar-refractivity contribution is -0.143. The van der Waals surface area contributed by atoms with E-state index in [1.165, 1.54) is 7.11 Å². The Bertz CT molecular complexity index is 207. The molecule has 0 aromatic rings. The summed E-state index contributed by atoms with van der Waals surface area (Å²) >= 11 is 0. The first-order chi connectivity index (χ1) is 7.42. The van der Waals surface area contributed by atoms with Gasteiger partial charge < -0.3 is 15.0 Å². The zero-order chi connectivity index (χ0) is 12.7. The molecule has 0 saturated carbocycles. The summed E-state index contributed by atoms with van der Waals surface area (Å²) in [5.74, 6) is -0.191. The summed E-state index contributed by atoms with van der Waals surface area (Å²) < 4.78 is 4.80. The van der Waals surface area contributed by atoms with Crippen LogP contribution in [0.25, 0.3) is 0 Å². The lowest BCUT2D eigenvalue weighted by Crippen LogP contribution is -2.49. The van der Waals surface area contributed by atoms with Crippen molar-refractivity contribution >= 4 is 5.97 Å². The molecule has 0 heterocycles. The third-order valence-corrected chi connectivity index (χ3v) is 2.83. The van der Waals surface area contributed by atoms with Gasteiger partial charge in [0.05, 0.1) is 7.11 Å². The predicted octanol–water partition coefficient (Wildman–Crippen LogP) is 1.26. The van der Waals surface area contributed by atoms with Crippen LogP contribution in [0.4, 0.5) is 0 Å². The highest BCUT2D eigenvalue weighted by atomic mass is 16.5. The third-order valence-electron chi connectivity index (χ3n) is 2.83. The van der Waals surface area contributed by atoms with Gasteiger partial charge in [-0.3, -0.25) is 4.79 Å².